The average Bonchev–Trinajstić information content (AvgIpc) is 2.96. The van der Waals surface area contributed by atoms with Crippen molar-refractivity contribution in [3.05, 3.63) is 28.4 Å². The predicted octanol–water partition coefficient (Wildman–Crippen LogP) is -0.834. The molecule has 1 aliphatic rings. The van der Waals surface area contributed by atoms with Crippen LogP contribution in [-0.2, 0) is 4.79 Å². The molecule has 0 aliphatic carbocycles. The Morgan fingerprint density at radius 1 is 1.37 bits per heavy atom. The van der Waals surface area contributed by atoms with Crippen LogP contribution in [0.25, 0.3) is 5.78 Å². The van der Waals surface area contributed by atoms with Crippen LogP contribution in [-0.4, -0.2) is 42.1 Å². The Balaban J connectivity index is 2.10. The minimum absolute atomic E-state index is 0.0762. The van der Waals surface area contributed by atoms with Crippen LogP contribution in [0.1, 0.15) is 23.7 Å². The van der Waals surface area contributed by atoms with E-state index in [1.54, 1.807) is 6.92 Å². The second-order valence-corrected chi connectivity index (χ2v) is 4.02. The maximum atomic E-state index is 12.1. The SMILES string of the molecule is CC1=NN(C(=O)c2cnc3nc[nH]n3c2=O)C(=O)C1. The Kier molecular flexibility index (Phi) is 2.27. The molecule has 9 nitrogen and oxygen atoms in total. The fourth-order valence-corrected chi connectivity index (χ4v) is 1.77. The summed E-state index contributed by atoms with van der Waals surface area (Å²) in [5.74, 6) is -1.10. The molecule has 0 unspecified atom stereocenters. The highest BCUT2D eigenvalue weighted by atomic mass is 16.2. The van der Waals surface area contributed by atoms with E-state index in [1.165, 1.54) is 6.33 Å². The second kappa shape index (κ2) is 3.83. The molecule has 19 heavy (non-hydrogen) atoms. The Morgan fingerprint density at radius 2 is 2.16 bits per heavy atom. The fraction of sp³-hybridized carbons (Fsp3) is 0.200. The van der Waals surface area contributed by atoms with Gasteiger partial charge in [0.2, 0.25) is 0 Å². The Labute approximate surface area is 105 Å². The zero-order valence-electron chi connectivity index (χ0n) is 9.82. The lowest BCUT2D eigenvalue weighted by atomic mass is 10.3. The molecule has 2 aromatic heterocycles. The molecule has 2 aromatic rings. The maximum Gasteiger partial charge on any atom is 0.288 e. The van der Waals surface area contributed by atoms with E-state index in [-0.39, 0.29) is 17.8 Å². The normalized spacial score (nSPS) is 15.1. The number of hydrogen-bond donors (Lipinski definition) is 1. The molecule has 0 radical (unpaired) electrons. The summed E-state index contributed by atoms with van der Waals surface area (Å²) in [4.78, 5) is 43.3. The number of aromatic nitrogens is 4. The minimum atomic E-state index is -0.789. The van der Waals surface area contributed by atoms with Gasteiger partial charge < -0.3 is 0 Å². The number of hydrazone groups is 1. The third-order valence-electron chi connectivity index (χ3n) is 2.65. The molecule has 0 aromatic carbocycles. The van der Waals surface area contributed by atoms with E-state index in [0.717, 1.165) is 10.7 Å². The van der Waals surface area contributed by atoms with Crippen molar-refractivity contribution < 1.29 is 9.59 Å². The number of nitrogens with one attached hydrogen (secondary N) is 1. The molecule has 1 N–H and O–H groups in total. The Morgan fingerprint density at radius 3 is 2.84 bits per heavy atom. The predicted molar refractivity (Wildman–Crippen MR) is 62.5 cm³/mol. The zero-order valence-corrected chi connectivity index (χ0v) is 9.82. The van der Waals surface area contributed by atoms with Crippen LogP contribution in [0, 0.1) is 0 Å². The van der Waals surface area contributed by atoms with Crippen molar-refractivity contribution in [2.75, 3.05) is 0 Å². The van der Waals surface area contributed by atoms with Crippen LogP contribution in [0.15, 0.2) is 22.4 Å². The smallest absolute Gasteiger partial charge is 0.278 e. The summed E-state index contributed by atoms with van der Waals surface area (Å²) in [5.41, 5.74) is -0.345. The van der Waals surface area contributed by atoms with Crippen molar-refractivity contribution in [3.63, 3.8) is 0 Å². The van der Waals surface area contributed by atoms with Gasteiger partial charge in [0.1, 0.15) is 11.9 Å². The van der Waals surface area contributed by atoms with Crippen molar-refractivity contribution >= 4 is 23.3 Å². The van der Waals surface area contributed by atoms with Gasteiger partial charge in [-0.05, 0) is 6.92 Å². The average molecular weight is 260 g/mol. The molecule has 3 heterocycles. The lowest BCUT2D eigenvalue weighted by Crippen LogP contribution is -2.34. The summed E-state index contributed by atoms with van der Waals surface area (Å²) >= 11 is 0. The highest BCUT2D eigenvalue weighted by Crippen LogP contribution is 2.11. The first-order valence-electron chi connectivity index (χ1n) is 5.40. The van der Waals surface area contributed by atoms with E-state index >= 15 is 0 Å². The van der Waals surface area contributed by atoms with Gasteiger partial charge in [0, 0.05) is 11.9 Å². The molecule has 0 saturated carbocycles. The monoisotopic (exact) mass is 260 g/mol. The van der Waals surface area contributed by atoms with Gasteiger partial charge in [0.25, 0.3) is 23.2 Å². The molecule has 2 amide bonds. The molecule has 0 fully saturated rings. The summed E-state index contributed by atoms with van der Waals surface area (Å²) in [6.45, 7) is 1.63. The summed E-state index contributed by atoms with van der Waals surface area (Å²) in [7, 11) is 0. The van der Waals surface area contributed by atoms with E-state index in [0.29, 0.717) is 10.7 Å². The maximum absolute atomic E-state index is 12.1. The number of imide groups is 1. The van der Waals surface area contributed by atoms with Crippen LogP contribution >= 0.6 is 0 Å². The molecule has 96 valence electrons. The minimum Gasteiger partial charge on any atom is -0.278 e. The number of rotatable bonds is 1. The molecular weight excluding hydrogens is 252 g/mol. The number of hydrogen-bond acceptors (Lipinski definition) is 6. The number of amides is 2. The van der Waals surface area contributed by atoms with Gasteiger partial charge in [0.15, 0.2) is 0 Å². The van der Waals surface area contributed by atoms with E-state index in [1.807, 2.05) is 0 Å². The number of carbonyl (C=O) groups is 2. The van der Waals surface area contributed by atoms with Gasteiger partial charge in [-0.1, -0.05) is 0 Å². The molecule has 0 bridgehead atoms. The fourth-order valence-electron chi connectivity index (χ4n) is 1.77. The van der Waals surface area contributed by atoms with Crippen molar-refractivity contribution in [2.24, 2.45) is 5.10 Å². The molecule has 1 aliphatic heterocycles. The standard InChI is InChI=1S/C10H8N6O3/c1-5-2-7(17)15(14-5)8(18)6-3-11-10-12-4-13-16(10)9(6)19/h3-4H,2H2,1H3,(H,11,12,13). The summed E-state index contributed by atoms with van der Waals surface area (Å²) in [6.07, 6.45) is 2.45. The van der Waals surface area contributed by atoms with Gasteiger partial charge in [-0.2, -0.15) is 14.6 Å². The van der Waals surface area contributed by atoms with Crippen molar-refractivity contribution in [1.29, 1.82) is 0 Å². The van der Waals surface area contributed by atoms with Crippen molar-refractivity contribution in [3.8, 4) is 0 Å². The molecular formula is C10H8N6O3. The van der Waals surface area contributed by atoms with Crippen molar-refractivity contribution in [2.45, 2.75) is 13.3 Å². The Hall–Kier alpha value is -2.84. The third-order valence-corrected chi connectivity index (χ3v) is 2.65. The molecule has 0 spiro atoms. The second-order valence-electron chi connectivity index (χ2n) is 4.02. The van der Waals surface area contributed by atoms with Gasteiger partial charge in [0.05, 0.1) is 6.42 Å². The van der Waals surface area contributed by atoms with E-state index in [2.05, 4.69) is 20.2 Å². The number of fused-ring (bicyclic) bond motifs is 1. The zero-order chi connectivity index (χ0) is 13.6. The van der Waals surface area contributed by atoms with Crippen molar-refractivity contribution in [1.82, 2.24) is 24.6 Å². The van der Waals surface area contributed by atoms with E-state index < -0.39 is 17.4 Å². The third kappa shape index (κ3) is 1.63. The molecule has 0 saturated heterocycles. The van der Waals surface area contributed by atoms with E-state index in [4.69, 9.17) is 0 Å². The topological polar surface area (TPSA) is 113 Å². The quantitative estimate of drug-likeness (QED) is 0.672. The van der Waals surface area contributed by atoms with Gasteiger partial charge in [-0.3, -0.25) is 19.5 Å². The highest BCUT2D eigenvalue weighted by Gasteiger charge is 2.30. The molecule has 3 rings (SSSR count). The molecule has 0 atom stereocenters. The first-order chi connectivity index (χ1) is 9.08. The lowest BCUT2D eigenvalue weighted by molar-refractivity contribution is -0.126. The first kappa shape index (κ1) is 11.3. The summed E-state index contributed by atoms with van der Waals surface area (Å²) < 4.78 is 1.02. The molecule has 9 heteroatoms. The number of H-pyrrole nitrogens is 1. The number of aromatic amines is 1. The Bertz CT molecular complexity index is 786. The largest absolute Gasteiger partial charge is 0.288 e. The summed E-state index contributed by atoms with van der Waals surface area (Å²) in [5, 5.41) is 7.03. The van der Waals surface area contributed by atoms with Crippen LogP contribution in [0.4, 0.5) is 0 Å². The first-order valence-corrected chi connectivity index (χ1v) is 5.40. The van der Waals surface area contributed by atoms with Gasteiger partial charge in [-0.15, -0.1) is 0 Å². The van der Waals surface area contributed by atoms with Crippen LogP contribution in [0.2, 0.25) is 0 Å². The summed E-state index contributed by atoms with van der Waals surface area (Å²) in [6, 6.07) is 0. The van der Waals surface area contributed by atoms with Gasteiger partial charge in [-0.25, -0.2) is 9.97 Å². The number of carbonyl (C=O) groups excluding carboxylic acids is 2. The lowest BCUT2D eigenvalue weighted by Gasteiger charge is -2.08. The van der Waals surface area contributed by atoms with E-state index in [9.17, 15) is 14.4 Å². The van der Waals surface area contributed by atoms with Gasteiger partial charge >= 0.3 is 0 Å². The highest BCUT2D eigenvalue weighted by molar-refractivity contribution is 6.13. The number of nitrogens with zero attached hydrogens (tertiary/aromatic N) is 5. The van der Waals surface area contributed by atoms with Crippen LogP contribution < -0.4 is 5.56 Å². The van der Waals surface area contributed by atoms with Crippen LogP contribution in [0.3, 0.4) is 0 Å². The van der Waals surface area contributed by atoms with Crippen LogP contribution in [0.5, 0.6) is 0 Å².